The second-order valence-corrected chi connectivity index (χ2v) is 6.65. The SMILES string of the molecule is Cc1cccc(C(C)C)c1N1C(=O)c2cccc(CBr)c2C1=O. The molecule has 3 rings (SSSR count). The van der Waals surface area contributed by atoms with Gasteiger partial charge in [0.05, 0.1) is 16.8 Å². The van der Waals surface area contributed by atoms with Gasteiger partial charge in [0.1, 0.15) is 0 Å². The van der Waals surface area contributed by atoms with E-state index in [1.54, 1.807) is 6.07 Å². The van der Waals surface area contributed by atoms with Gasteiger partial charge in [-0.2, -0.15) is 0 Å². The molecule has 118 valence electrons. The highest BCUT2D eigenvalue weighted by molar-refractivity contribution is 9.08. The third-order valence-corrected chi connectivity index (χ3v) is 4.86. The Kier molecular flexibility index (Phi) is 4.11. The van der Waals surface area contributed by atoms with Crippen LogP contribution in [0.3, 0.4) is 0 Å². The fourth-order valence-corrected chi connectivity index (χ4v) is 3.59. The Balaban J connectivity index is 2.22. The number of nitrogens with zero attached hydrogens (tertiary/aromatic N) is 1. The van der Waals surface area contributed by atoms with E-state index in [0.717, 1.165) is 22.4 Å². The molecule has 0 bridgehead atoms. The number of imide groups is 1. The van der Waals surface area contributed by atoms with Gasteiger partial charge in [0.25, 0.3) is 11.8 Å². The fraction of sp³-hybridized carbons (Fsp3) is 0.263. The van der Waals surface area contributed by atoms with Crippen LogP contribution in [-0.2, 0) is 5.33 Å². The van der Waals surface area contributed by atoms with Gasteiger partial charge in [0, 0.05) is 5.33 Å². The maximum atomic E-state index is 13.0. The maximum Gasteiger partial charge on any atom is 0.266 e. The van der Waals surface area contributed by atoms with Gasteiger partial charge in [-0.3, -0.25) is 9.59 Å². The van der Waals surface area contributed by atoms with Crippen LogP contribution in [0.15, 0.2) is 36.4 Å². The van der Waals surface area contributed by atoms with Gasteiger partial charge >= 0.3 is 0 Å². The average Bonchev–Trinajstić information content (AvgIpc) is 2.79. The lowest BCUT2D eigenvalue weighted by molar-refractivity contribution is 0.0925. The summed E-state index contributed by atoms with van der Waals surface area (Å²) in [5.41, 5.74) is 4.54. The first-order chi connectivity index (χ1) is 11.0. The lowest BCUT2D eigenvalue weighted by Crippen LogP contribution is -2.31. The number of anilines is 1. The Bertz CT molecular complexity index is 811. The monoisotopic (exact) mass is 371 g/mol. The number of aryl methyl sites for hydroxylation is 1. The first kappa shape index (κ1) is 15.9. The van der Waals surface area contributed by atoms with Gasteiger partial charge in [-0.25, -0.2) is 4.90 Å². The van der Waals surface area contributed by atoms with E-state index in [2.05, 4.69) is 29.8 Å². The topological polar surface area (TPSA) is 37.4 Å². The van der Waals surface area contributed by atoms with Crippen LogP contribution in [0, 0.1) is 6.92 Å². The van der Waals surface area contributed by atoms with Crippen LogP contribution < -0.4 is 4.90 Å². The Morgan fingerprint density at radius 3 is 2.39 bits per heavy atom. The van der Waals surface area contributed by atoms with E-state index in [1.165, 1.54) is 4.90 Å². The smallest absolute Gasteiger partial charge is 0.266 e. The molecule has 0 spiro atoms. The summed E-state index contributed by atoms with van der Waals surface area (Å²) >= 11 is 3.40. The number of amides is 2. The number of carbonyl (C=O) groups excluding carboxylic acids is 2. The van der Waals surface area contributed by atoms with E-state index in [0.29, 0.717) is 16.5 Å². The van der Waals surface area contributed by atoms with Gasteiger partial charge in [0.2, 0.25) is 0 Å². The molecule has 0 saturated carbocycles. The van der Waals surface area contributed by atoms with Crippen molar-refractivity contribution in [2.75, 3.05) is 4.90 Å². The number of carbonyl (C=O) groups is 2. The molecule has 0 unspecified atom stereocenters. The van der Waals surface area contributed by atoms with Crippen molar-refractivity contribution in [3.63, 3.8) is 0 Å². The van der Waals surface area contributed by atoms with Crippen LogP contribution in [0.25, 0.3) is 0 Å². The predicted octanol–water partition coefficient (Wildman–Crippen LogP) is 4.81. The highest BCUT2D eigenvalue weighted by atomic mass is 79.9. The number of halogens is 1. The highest BCUT2D eigenvalue weighted by Gasteiger charge is 2.39. The Morgan fingerprint density at radius 1 is 1.04 bits per heavy atom. The zero-order valence-corrected chi connectivity index (χ0v) is 15.0. The van der Waals surface area contributed by atoms with Crippen molar-refractivity contribution in [3.8, 4) is 0 Å². The van der Waals surface area contributed by atoms with Crippen molar-refractivity contribution in [1.82, 2.24) is 0 Å². The molecule has 2 aromatic carbocycles. The maximum absolute atomic E-state index is 13.0. The van der Waals surface area contributed by atoms with Crippen molar-refractivity contribution < 1.29 is 9.59 Å². The molecule has 1 aliphatic rings. The summed E-state index contributed by atoms with van der Waals surface area (Å²) in [5.74, 6) is -0.231. The molecule has 0 saturated heterocycles. The number of benzene rings is 2. The van der Waals surface area contributed by atoms with Gasteiger partial charge in [0.15, 0.2) is 0 Å². The first-order valence-electron chi connectivity index (χ1n) is 7.63. The molecule has 0 N–H and O–H groups in total. The number of hydrogen-bond donors (Lipinski definition) is 0. The summed E-state index contributed by atoms with van der Waals surface area (Å²) in [5, 5.41) is 0.549. The van der Waals surface area contributed by atoms with Crippen molar-refractivity contribution in [2.45, 2.75) is 32.0 Å². The molecule has 2 aromatic rings. The lowest BCUT2D eigenvalue weighted by atomic mass is 9.97. The molecule has 0 aliphatic carbocycles. The van der Waals surface area contributed by atoms with E-state index < -0.39 is 0 Å². The summed E-state index contributed by atoms with van der Waals surface area (Å²) in [6.07, 6.45) is 0. The van der Waals surface area contributed by atoms with E-state index >= 15 is 0 Å². The highest BCUT2D eigenvalue weighted by Crippen LogP contribution is 2.37. The zero-order valence-electron chi connectivity index (χ0n) is 13.4. The minimum absolute atomic E-state index is 0.226. The summed E-state index contributed by atoms with van der Waals surface area (Å²) in [7, 11) is 0. The molecule has 1 aliphatic heterocycles. The van der Waals surface area contributed by atoms with Crippen molar-refractivity contribution >= 4 is 33.4 Å². The number of para-hydroxylation sites is 1. The lowest BCUT2D eigenvalue weighted by Gasteiger charge is -2.22. The van der Waals surface area contributed by atoms with E-state index in [-0.39, 0.29) is 17.7 Å². The first-order valence-corrected chi connectivity index (χ1v) is 8.75. The van der Waals surface area contributed by atoms with E-state index in [9.17, 15) is 9.59 Å². The third kappa shape index (κ3) is 2.41. The molecule has 1 heterocycles. The van der Waals surface area contributed by atoms with Crippen LogP contribution in [0.1, 0.15) is 57.2 Å². The molecule has 4 heteroatoms. The summed E-state index contributed by atoms with van der Waals surface area (Å²) in [4.78, 5) is 27.2. The molecule has 3 nitrogen and oxygen atoms in total. The molecule has 2 amide bonds. The Morgan fingerprint density at radius 2 is 1.74 bits per heavy atom. The Labute approximate surface area is 144 Å². The molecule has 23 heavy (non-hydrogen) atoms. The number of alkyl halides is 1. The molecular formula is C19H18BrNO2. The quantitative estimate of drug-likeness (QED) is 0.573. The third-order valence-electron chi connectivity index (χ3n) is 4.26. The summed E-state index contributed by atoms with van der Waals surface area (Å²) in [6.45, 7) is 6.08. The van der Waals surface area contributed by atoms with E-state index in [1.807, 2.05) is 37.3 Å². The average molecular weight is 372 g/mol. The Hall–Kier alpha value is -1.94. The van der Waals surface area contributed by atoms with Gasteiger partial charge in [-0.1, -0.05) is 60.1 Å². The normalized spacial score (nSPS) is 13.9. The van der Waals surface area contributed by atoms with Crippen LogP contribution in [0.2, 0.25) is 0 Å². The molecular weight excluding hydrogens is 354 g/mol. The van der Waals surface area contributed by atoms with Gasteiger partial charge < -0.3 is 0 Å². The van der Waals surface area contributed by atoms with Gasteiger partial charge in [-0.15, -0.1) is 0 Å². The van der Waals surface area contributed by atoms with Crippen LogP contribution in [0.4, 0.5) is 5.69 Å². The minimum Gasteiger partial charge on any atom is -0.268 e. The molecule has 0 aromatic heterocycles. The van der Waals surface area contributed by atoms with Crippen LogP contribution in [0.5, 0.6) is 0 Å². The fourth-order valence-electron chi connectivity index (χ4n) is 3.12. The van der Waals surface area contributed by atoms with Crippen molar-refractivity contribution in [2.24, 2.45) is 0 Å². The molecule has 0 radical (unpaired) electrons. The molecule has 0 atom stereocenters. The van der Waals surface area contributed by atoms with E-state index in [4.69, 9.17) is 0 Å². The number of fused-ring (bicyclic) bond motifs is 1. The molecule has 0 fully saturated rings. The standard InChI is InChI=1S/C19H18BrNO2/c1-11(2)14-8-4-6-12(3)17(14)21-18(22)15-9-5-7-13(10-20)16(15)19(21)23/h4-9,11H,10H2,1-3H3. The van der Waals surface area contributed by atoms with Crippen LogP contribution in [-0.4, -0.2) is 11.8 Å². The summed E-state index contributed by atoms with van der Waals surface area (Å²) in [6, 6.07) is 11.3. The minimum atomic E-state index is -0.232. The second kappa shape index (κ2) is 5.93. The number of hydrogen-bond acceptors (Lipinski definition) is 2. The van der Waals surface area contributed by atoms with Crippen molar-refractivity contribution in [3.05, 3.63) is 64.2 Å². The van der Waals surface area contributed by atoms with Crippen molar-refractivity contribution in [1.29, 1.82) is 0 Å². The largest absolute Gasteiger partial charge is 0.268 e. The van der Waals surface area contributed by atoms with Gasteiger partial charge in [-0.05, 0) is 35.6 Å². The zero-order chi connectivity index (χ0) is 16.7. The van der Waals surface area contributed by atoms with Crippen LogP contribution >= 0.6 is 15.9 Å². The predicted molar refractivity (Wildman–Crippen MR) is 95.5 cm³/mol. The number of rotatable bonds is 3. The second-order valence-electron chi connectivity index (χ2n) is 6.09. The summed E-state index contributed by atoms with van der Waals surface area (Å²) < 4.78 is 0.